The van der Waals surface area contributed by atoms with E-state index >= 15 is 0 Å². The van der Waals surface area contributed by atoms with Crippen molar-refractivity contribution < 1.29 is 9.13 Å². The number of nitrogens with zero attached hydrogens (tertiary/aromatic N) is 1. The molecule has 110 valence electrons. The first-order valence-electron chi connectivity index (χ1n) is 6.49. The number of hydrogen-bond donors (Lipinski definition) is 2. The van der Waals surface area contributed by atoms with Crippen LogP contribution in [0.25, 0.3) is 0 Å². The van der Waals surface area contributed by atoms with Gasteiger partial charge in [0, 0.05) is 36.5 Å². The van der Waals surface area contributed by atoms with Gasteiger partial charge in [-0.25, -0.2) is 4.39 Å². The highest BCUT2D eigenvalue weighted by Crippen LogP contribution is 2.22. The summed E-state index contributed by atoms with van der Waals surface area (Å²) in [5, 5.41) is 7.31. The Hall–Kier alpha value is -2.56. The third kappa shape index (κ3) is 3.51. The molecule has 0 saturated carbocycles. The van der Waals surface area contributed by atoms with Gasteiger partial charge in [-0.15, -0.1) is 0 Å². The Labute approximate surface area is 123 Å². The number of amidine groups is 1. The van der Waals surface area contributed by atoms with Crippen molar-refractivity contribution in [1.82, 2.24) is 0 Å². The minimum Gasteiger partial charge on any atom is -0.497 e. The lowest BCUT2D eigenvalue weighted by atomic mass is 10.1. The lowest BCUT2D eigenvalue weighted by Crippen LogP contribution is -2.18. The molecule has 21 heavy (non-hydrogen) atoms. The average Bonchev–Trinajstić information content (AvgIpc) is 2.49. The second-order valence-corrected chi connectivity index (χ2v) is 4.78. The van der Waals surface area contributed by atoms with E-state index in [0.29, 0.717) is 17.7 Å². The molecule has 0 aliphatic carbocycles. The summed E-state index contributed by atoms with van der Waals surface area (Å²) in [4.78, 5) is 1.92. The molecule has 0 unspecified atom stereocenters. The monoisotopic (exact) mass is 287 g/mol. The van der Waals surface area contributed by atoms with E-state index in [-0.39, 0.29) is 11.7 Å². The lowest BCUT2D eigenvalue weighted by molar-refractivity contribution is 0.415. The van der Waals surface area contributed by atoms with Gasteiger partial charge in [0.1, 0.15) is 17.4 Å². The Balaban J connectivity index is 2.19. The Morgan fingerprint density at radius 3 is 2.67 bits per heavy atom. The molecular weight excluding hydrogens is 269 g/mol. The quantitative estimate of drug-likeness (QED) is 0.656. The predicted octanol–water partition coefficient (Wildman–Crippen LogP) is 2.75. The van der Waals surface area contributed by atoms with E-state index in [1.165, 1.54) is 6.07 Å². The van der Waals surface area contributed by atoms with Crippen molar-refractivity contribution in [1.29, 1.82) is 5.41 Å². The van der Waals surface area contributed by atoms with Gasteiger partial charge in [0.15, 0.2) is 0 Å². The van der Waals surface area contributed by atoms with Crippen LogP contribution >= 0.6 is 0 Å². The van der Waals surface area contributed by atoms with Crippen molar-refractivity contribution in [2.45, 2.75) is 6.54 Å². The molecule has 0 heterocycles. The first kappa shape index (κ1) is 14.8. The summed E-state index contributed by atoms with van der Waals surface area (Å²) in [6.07, 6.45) is 0. The topological polar surface area (TPSA) is 62.3 Å². The molecule has 0 aromatic heterocycles. The number of nitrogens with two attached hydrogens (primary N) is 1. The van der Waals surface area contributed by atoms with Gasteiger partial charge in [-0.2, -0.15) is 0 Å². The van der Waals surface area contributed by atoms with Crippen molar-refractivity contribution in [2.75, 3.05) is 19.1 Å². The normalized spacial score (nSPS) is 10.2. The van der Waals surface area contributed by atoms with Gasteiger partial charge >= 0.3 is 0 Å². The van der Waals surface area contributed by atoms with Crippen LogP contribution in [-0.4, -0.2) is 20.0 Å². The van der Waals surface area contributed by atoms with Crippen LogP contribution < -0.4 is 15.4 Å². The zero-order chi connectivity index (χ0) is 15.4. The van der Waals surface area contributed by atoms with Gasteiger partial charge in [0.05, 0.1) is 7.11 Å². The molecule has 2 aromatic rings. The summed E-state index contributed by atoms with van der Waals surface area (Å²) in [7, 11) is 3.49. The number of halogens is 1. The number of ether oxygens (including phenoxy) is 1. The number of nitrogen functional groups attached to an aromatic ring is 1. The van der Waals surface area contributed by atoms with E-state index < -0.39 is 0 Å². The molecule has 0 radical (unpaired) electrons. The van der Waals surface area contributed by atoms with E-state index in [0.717, 1.165) is 11.4 Å². The molecule has 3 N–H and O–H groups in total. The van der Waals surface area contributed by atoms with Gasteiger partial charge in [-0.1, -0.05) is 18.2 Å². The maximum absolute atomic E-state index is 14.0. The van der Waals surface area contributed by atoms with E-state index in [4.69, 9.17) is 15.9 Å². The van der Waals surface area contributed by atoms with Gasteiger partial charge in [-0.3, -0.25) is 5.41 Å². The number of benzene rings is 2. The SMILES string of the molecule is COc1cccc(N(C)Cc2ccc(C(=N)N)cc2F)c1. The average molecular weight is 287 g/mol. The van der Waals surface area contributed by atoms with Crippen molar-refractivity contribution in [3.05, 3.63) is 59.4 Å². The molecule has 0 aliphatic heterocycles. The van der Waals surface area contributed by atoms with Crippen molar-refractivity contribution in [3.63, 3.8) is 0 Å². The molecule has 0 bridgehead atoms. The Bertz CT molecular complexity index is 658. The minimum atomic E-state index is -0.363. The van der Waals surface area contributed by atoms with Crippen LogP contribution in [0.4, 0.5) is 10.1 Å². The molecule has 2 rings (SSSR count). The third-order valence-corrected chi connectivity index (χ3v) is 3.27. The largest absolute Gasteiger partial charge is 0.497 e. The third-order valence-electron chi connectivity index (χ3n) is 3.27. The molecule has 4 nitrogen and oxygen atoms in total. The van der Waals surface area contributed by atoms with Gasteiger partial charge in [0.25, 0.3) is 0 Å². The number of methoxy groups -OCH3 is 1. The summed E-state index contributed by atoms with van der Waals surface area (Å²) in [5.74, 6) is 0.255. The van der Waals surface area contributed by atoms with Crippen LogP contribution in [-0.2, 0) is 6.54 Å². The summed E-state index contributed by atoms with van der Waals surface area (Å²) in [5.41, 5.74) is 7.22. The molecule has 0 amide bonds. The van der Waals surface area contributed by atoms with Crippen molar-refractivity contribution in [3.8, 4) is 5.75 Å². The van der Waals surface area contributed by atoms with Crippen LogP contribution in [0, 0.1) is 11.2 Å². The first-order valence-corrected chi connectivity index (χ1v) is 6.49. The Morgan fingerprint density at radius 2 is 2.05 bits per heavy atom. The van der Waals surface area contributed by atoms with Crippen LogP contribution in [0.5, 0.6) is 5.75 Å². The maximum atomic E-state index is 14.0. The smallest absolute Gasteiger partial charge is 0.128 e. The lowest BCUT2D eigenvalue weighted by Gasteiger charge is -2.20. The van der Waals surface area contributed by atoms with Crippen LogP contribution in [0.1, 0.15) is 11.1 Å². The van der Waals surface area contributed by atoms with Crippen molar-refractivity contribution in [2.24, 2.45) is 5.73 Å². The molecule has 0 spiro atoms. The fourth-order valence-corrected chi connectivity index (χ4v) is 2.04. The molecule has 0 atom stereocenters. The van der Waals surface area contributed by atoms with Crippen LogP contribution in [0.2, 0.25) is 0 Å². The summed E-state index contributed by atoms with van der Waals surface area (Å²) in [6, 6.07) is 12.2. The standard InChI is InChI=1S/C16H18FN3O/c1-20(13-4-3-5-14(9-13)21-2)10-12-7-6-11(16(18)19)8-15(12)17/h3-9H,10H2,1-2H3,(H3,18,19). The predicted molar refractivity (Wildman–Crippen MR) is 82.5 cm³/mol. The van der Waals surface area contributed by atoms with Gasteiger partial charge in [0.2, 0.25) is 0 Å². The molecule has 2 aromatic carbocycles. The van der Waals surface area contributed by atoms with E-state index in [1.54, 1.807) is 19.2 Å². The van der Waals surface area contributed by atoms with Gasteiger partial charge in [-0.05, 0) is 18.2 Å². The molecular formula is C16H18FN3O. The maximum Gasteiger partial charge on any atom is 0.128 e. The van der Waals surface area contributed by atoms with E-state index in [2.05, 4.69) is 0 Å². The number of nitrogens with one attached hydrogen (secondary N) is 1. The number of rotatable bonds is 5. The summed E-state index contributed by atoms with van der Waals surface area (Å²) < 4.78 is 19.2. The van der Waals surface area contributed by atoms with Crippen LogP contribution in [0.15, 0.2) is 42.5 Å². The number of anilines is 1. The molecule has 0 fully saturated rings. The van der Waals surface area contributed by atoms with Crippen molar-refractivity contribution >= 4 is 11.5 Å². The highest BCUT2D eigenvalue weighted by Gasteiger charge is 2.09. The van der Waals surface area contributed by atoms with E-state index in [9.17, 15) is 4.39 Å². The zero-order valence-electron chi connectivity index (χ0n) is 12.1. The molecule has 5 heteroatoms. The second kappa shape index (κ2) is 6.26. The minimum absolute atomic E-state index is 0.137. The van der Waals surface area contributed by atoms with E-state index in [1.807, 2.05) is 36.2 Å². The highest BCUT2D eigenvalue weighted by atomic mass is 19.1. The summed E-state index contributed by atoms with van der Waals surface area (Å²) in [6.45, 7) is 0.414. The Morgan fingerprint density at radius 1 is 1.29 bits per heavy atom. The van der Waals surface area contributed by atoms with Gasteiger partial charge < -0.3 is 15.4 Å². The number of hydrogen-bond acceptors (Lipinski definition) is 3. The van der Waals surface area contributed by atoms with Crippen LogP contribution in [0.3, 0.4) is 0 Å². The Kier molecular flexibility index (Phi) is 4.42. The fraction of sp³-hybridized carbons (Fsp3) is 0.188. The summed E-state index contributed by atoms with van der Waals surface area (Å²) >= 11 is 0. The highest BCUT2D eigenvalue weighted by molar-refractivity contribution is 5.94. The molecule has 0 saturated heterocycles. The second-order valence-electron chi connectivity index (χ2n) is 4.78. The first-order chi connectivity index (χ1) is 10.0. The zero-order valence-corrected chi connectivity index (χ0v) is 12.1. The molecule has 0 aliphatic rings. The fourth-order valence-electron chi connectivity index (χ4n) is 2.04.